The molecule has 3 aromatic rings. The molecule has 0 radical (unpaired) electrons. The van der Waals surface area contributed by atoms with Gasteiger partial charge in [0, 0.05) is 35.6 Å². The topological polar surface area (TPSA) is 169 Å². The van der Waals surface area contributed by atoms with Crippen LogP contribution in [0.5, 0.6) is 0 Å². The van der Waals surface area contributed by atoms with Crippen molar-refractivity contribution in [1.82, 2.24) is 0 Å². The van der Waals surface area contributed by atoms with Gasteiger partial charge in [-0.15, -0.1) is 0 Å². The molecule has 0 saturated carbocycles. The maximum Gasteiger partial charge on any atom is 0.269 e. The highest BCUT2D eigenvalue weighted by Gasteiger charge is 2.08. The van der Waals surface area contributed by atoms with Crippen LogP contribution >= 0.6 is 0 Å². The number of nitro benzene ring substituents is 2. The monoisotopic (exact) mass is 476 g/mol. The number of hydrogen-bond donors (Lipinski definition) is 4. The summed E-state index contributed by atoms with van der Waals surface area (Å²) in [5.74, 6) is 0. The van der Waals surface area contributed by atoms with Crippen molar-refractivity contribution < 1.29 is 18.3 Å². The summed E-state index contributed by atoms with van der Waals surface area (Å²) in [7, 11) is 0. The van der Waals surface area contributed by atoms with Crippen molar-refractivity contribution >= 4 is 56.5 Å². The van der Waals surface area contributed by atoms with E-state index in [9.17, 15) is 28.6 Å². The Kier molecular flexibility index (Phi) is 7.30. The lowest BCUT2D eigenvalue weighted by Crippen LogP contribution is -2.15. The van der Waals surface area contributed by atoms with Gasteiger partial charge in [0.1, 0.15) is 0 Å². The summed E-state index contributed by atoms with van der Waals surface area (Å²) in [5, 5.41) is 21.4. The Bertz CT molecular complexity index is 1080. The molecule has 14 heteroatoms. The minimum absolute atomic E-state index is 0.0802. The Morgan fingerprint density at radius 2 is 0.906 bits per heavy atom. The molecule has 2 unspecified atom stereocenters. The van der Waals surface area contributed by atoms with E-state index in [0.717, 1.165) is 0 Å². The lowest BCUT2D eigenvalue weighted by molar-refractivity contribution is -0.385. The highest BCUT2D eigenvalue weighted by Crippen LogP contribution is 2.20. The molecule has 0 aliphatic carbocycles. The molecule has 2 atom stereocenters. The average Bonchev–Trinajstić information content (AvgIpc) is 2.74. The molecule has 12 nitrogen and oxygen atoms in total. The van der Waals surface area contributed by atoms with Crippen molar-refractivity contribution in [3.8, 4) is 0 Å². The molecular weight excluding hydrogens is 460 g/mol. The fraction of sp³-hybridized carbons (Fsp3) is 0. The minimum atomic E-state index is -1.74. The second kappa shape index (κ2) is 10.3. The van der Waals surface area contributed by atoms with Crippen molar-refractivity contribution in [1.29, 1.82) is 0 Å². The van der Waals surface area contributed by atoms with E-state index in [2.05, 4.69) is 18.9 Å². The summed E-state index contributed by atoms with van der Waals surface area (Å²) < 4.78 is 35.3. The van der Waals surface area contributed by atoms with E-state index in [1.165, 1.54) is 48.5 Å². The number of hydrogen-bond acceptors (Lipinski definition) is 6. The summed E-state index contributed by atoms with van der Waals surface area (Å²) in [6.45, 7) is 0. The number of rotatable bonds is 10. The van der Waals surface area contributed by atoms with Gasteiger partial charge in [0.2, 0.25) is 22.3 Å². The van der Waals surface area contributed by atoms with Crippen molar-refractivity contribution in [2.45, 2.75) is 0 Å². The standard InChI is InChI=1S/C18H16N6O6S2/c25-23(26)17-8-4-13(5-9-17)19-31(29)21-15-2-1-3-16(12-15)22-32(30)20-14-6-10-18(11-7-14)24(27)28/h1-12,19-22H. The van der Waals surface area contributed by atoms with Gasteiger partial charge < -0.3 is 0 Å². The van der Waals surface area contributed by atoms with Gasteiger partial charge in [-0.25, -0.2) is 8.42 Å². The molecule has 3 rings (SSSR count). The number of nitrogens with zero attached hydrogens (tertiary/aromatic N) is 2. The predicted octanol–water partition coefficient (Wildman–Crippen LogP) is 3.71. The third-order valence-electron chi connectivity index (χ3n) is 3.86. The van der Waals surface area contributed by atoms with Crippen LogP contribution in [-0.2, 0) is 22.3 Å². The van der Waals surface area contributed by atoms with E-state index in [0.29, 0.717) is 22.7 Å². The molecule has 0 aliphatic heterocycles. The van der Waals surface area contributed by atoms with E-state index in [4.69, 9.17) is 0 Å². The van der Waals surface area contributed by atoms with Crippen molar-refractivity contribution in [3.05, 3.63) is 93.0 Å². The maximum absolute atomic E-state index is 12.3. The predicted molar refractivity (Wildman–Crippen MR) is 123 cm³/mol. The molecule has 0 amide bonds. The number of nitro groups is 2. The van der Waals surface area contributed by atoms with Gasteiger partial charge in [-0.05, 0) is 42.5 Å². The lowest BCUT2D eigenvalue weighted by Gasteiger charge is -2.11. The Morgan fingerprint density at radius 1 is 0.562 bits per heavy atom. The van der Waals surface area contributed by atoms with E-state index in [1.54, 1.807) is 24.3 Å². The second-order valence-corrected chi connectivity index (χ2v) is 8.03. The quantitative estimate of drug-likeness (QED) is 0.257. The summed E-state index contributed by atoms with van der Waals surface area (Å²) in [6.07, 6.45) is 0. The van der Waals surface area contributed by atoms with Crippen LogP contribution in [-0.4, -0.2) is 18.3 Å². The van der Waals surface area contributed by atoms with Crippen LogP contribution in [0.25, 0.3) is 0 Å². The van der Waals surface area contributed by atoms with Gasteiger partial charge in [0.25, 0.3) is 11.4 Å². The van der Waals surface area contributed by atoms with Gasteiger partial charge in [0.05, 0.1) is 21.2 Å². The molecule has 0 saturated heterocycles. The average molecular weight is 476 g/mol. The van der Waals surface area contributed by atoms with Gasteiger partial charge >= 0.3 is 0 Å². The van der Waals surface area contributed by atoms with Crippen molar-refractivity contribution in [3.63, 3.8) is 0 Å². The van der Waals surface area contributed by atoms with Crippen molar-refractivity contribution in [2.24, 2.45) is 0 Å². The molecule has 0 bridgehead atoms. The van der Waals surface area contributed by atoms with Crippen LogP contribution in [0.15, 0.2) is 72.8 Å². The molecule has 32 heavy (non-hydrogen) atoms. The molecule has 4 N–H and O–H groups in total. The molecule has 0 spiro atoms. The van der Waals surface area contributed by atoms with Gasteiger partial charge in [-0.1, -0.05) is 6.07 Å². The molecular formula is C18H16N6O6S2. The van der Waals surface area contributed by atoms with Crippen LogP contribution in [0, 0.1) is 20.2 Å². The highest BCUT2D eigenvalue weighted by atomic mass is 32.2. The lowest BCUT2D eigenvalue weighted by atomic mass is 10.3. The van der Waals surface area contributed by atoms with Gasteiger partial charge in [0.15, 0.2) is 0 Å². The molecule has 0 aromatic heterocycles. The molecule has 3 aromatic carbocycles. The first-order valence-electron chi connectivity index (χ1n) is 8.79. The third-order valence-corrected chi connectivity index (χ3v) is 5.55. The first kappa shape index (κ1) is 22.6. The Balaban J connectivity index is 1.56. The first-order valence-corrected chi connectivity index (χ1v) is 11.1. The summed E-state index contributed by atoms with van der Waals surface area (Å²) in [4.78, 5) is 20.3. The first-order chi connectivity index (χ1) is 15.3. The van der Waals surface area contributed by atoms with Gasteiger partial charge in [-0.2, -0.15) is 0 Å². The highest BCUT2D eigenvalue weighted by molar-refractivity contribution is 7.88. The second-order valence-electron chi connectivity index (χ2n) is 6.13. The Hall–Kier alpha value is -4.04. The fourth-order valence-electron chi connectivity index (χ4n) is 2.43. The van der Waals surface area contributed by atoms with E-state index in [1.807, 2.05) is 0 Å². The van der Waals surface area contributed by atoms with Crippen molar-refractivity contribution in [2.75, 3.05) is 18.9 Å². The zero-order valence-electron chi connectivity index (χ0n) is 16.1. The number of benzene rings is 3. The zero-order chi connectivity index (χ0) is 23.1. The summed E-state index contributed by atoms with van der Waals surface area (Å²) in [6, 6.07) is 17.4. The number of nitrogens with one attached hydrogen (secondary N) is 4. The smallest absolute Gasteiger partial charge is 0.269 e. The molecule has 166 valence electrons. The van der Waals surface area contributed by atoms with Crippen LogP contribution in [0.1, 0.15) is 0 Å². The van der Waals surface area contributed by atoms with E-state index >= 15 is 0 Å². The Morgan fingerprint density at radius 3 is 1.25 bits per heavy atom. The largest absolute Gasteiger partial charge is 0.288 e. The summed E-state index contributed by atoms with van der Waals surface area (Å²) in [5.41, 5.74) is 1.59. The van der Waals surface area contributed by atoms with Crippen LogP contribution in [0.2, 0.25) is 0 Å². The zero-order valence-corrected chi connectivity index (χ0v) is 17.7. The third kappa shape index (κ3) is 6.48. The Labute approximate surface area is 186 Å². The molecule has 0 aliphatic rings. The normalized spacial score (nSPS) is 12.2. The number of anilines is 4. The maximum atomic E-state index is 12.3. The van der Waals surface area contributed by atoms with Crippen LogP contribution in [0.3, 0.4) is 0 Å². The van der Waals surface area contributed by atoms with Gasteiger partial charge in [-0.3, -0.25) is 39.1 Å². The van der Waals surface area contributed by atoms with Crippen LogP contribution < -0.4 is 18.9 Å². The van der Waals surface area contributed by atoms with Crippen LogP contribution in [0.4, 0.5) is 34.1 Å². The summed E-state index contributed by atoms with van der Waals surface area (Å²) >= 11 is -3.48. The molecule has 0 fully saturated rings. The minimum Gasteiger partial charge on any atom is -0.288 e. The molecule has 0 heterocycles. The van der Waals surface area contributed by atoms with E-state index in [-0.39, 0.29) is 11.4 Å². The van der Waals surface area contributed by atoms with E-state index < -0.39 is 32.2 Å². The SMILES string of the molecule is O=[N+]([O-])c1ccc(NS(=O)Nc2cccc(NS(=O)Nc3ccc([N+](=O)[O-])cc3)c2)cc1. The fourth-order valence-corrected chi connectivity index (χ4v) is 3.91. The number of non-ortho nitro benzene ring substituents is 2.